The molecule has 3 aromatic rings. The van der Waals surface area contributed by atoms with Crippen LogP contribution in [0.1, 0.15) is 19.9 Å². The quantitative estimate of drug-likeness (QED) is 0.788. The van der Waals surface area contributed by atoms with Crippen molar-refractivity contribution in [2.45, 2.75) is 19.9 Å². The molecule has 102 valence electrons. The van der Waals surface area contributed by atoms with Gasteiger partial charge >= 0.3 is 0 Å². The van der Waals surface area contributed by atoms with Gasteiger partial charge in [0, 0.05) is 30.3 Å². The van der Waals surface area contributed by atoms with E-state index in [1.54, 1.807) is 6.20 Å². The van der Waals surface area contributed by atoms with Gasteiger partial charge in [0.1, 0.15) is 0 Å². The summed E-state index contributed by atoms with van der Waals surface area (Å²) in [6.45, 7) is 4.21. The zero-order chi connectivity index (χ0) is 13.9. The van der Waals surface area contributed by atoms with Crippen molar-refractivity contribution in [1.29, 1.82) is 0 Å². The molecule has 0 spiro atoms. The first-order valence-electron chi connectivity index (χ1n) is 6.64. The molecule has 0 amide bonds. The van der Waals surface area contributed by atoms with Crippen LogP contribution in [0.3, 0.4) is 0 Å². The topological polar surface area (TPSA) is 47.7 Å². The Balaban J connectivity index is 1.89. The van der Waals surface area contributed by atoms with E-state index in [4.69, 9.17) is 0 Å². The molecule has 2 heterocycles. The van der Waals surface area contributed by atoms with E-state index in [1.807, 2.05) is 58.2 Å². The van der Waals surface area contributed by atoms with Crippen LogP contribution in [0.25, 0.3) is 5.69 Å². The van der Waals surface area contributed by atoms with Gasteiger partial charge < -0.3 is 5.32 Å². The molecule has 0 aliphatic heterocycles. The minimum Gasteiger partial charge on any atom is -0.325 e. The number of nitrogens with one attached hydrogen (secondary N) is 1. The Morgan fingerprint density at radius 3 is 2.65 bits per heavy atom. The molecule has 20 heavy (non-hydrogen) atoms. The number of aromatic nitrogens is 4. The van der Waals surface area contributed by atoms with Crippen molar-refractivity contribution in [2.24, 2.45) is 0 Å². The smallest absolute Gasteiger partial charge is 0.212 e. The molecular weight excluding hydrogens is 250 g/mol. The summed E-state index contributed by atoms with van der Waals surface area (Å²) in [7, 11) is 0. The molecule has 0 atom stereocenters. The van der Waals surface area contributed by atoms with E-state index in [-0.39, 0.29) is 0 Å². The van der Waals surface area contributed by atoms with Crippen LogP contribution in [-0.4, -0.2) is 19.3 Å². The molecule has 0 radical (unpaired) electrons. The third-order valence-electron chi connectivity index (χ3n) is 3.07. The van der Waals surface area contributed by atoms with E-state index in [0.717, 1.165) is 17.3 Å². The van der Waals surface area contributed by atoms with Crippen molar-refractivity contribution in [1.82, 2.24) is 19.3 Å². The van der Waals surface area contributed by atoms with Crippen molar-refractivity contribution < 1.29 is 0 Å². The number of para-hydroxylation sites is 1. The van der Waals surface area contributed by atoms with E-state index < -0.39 is 0 Å². The summed E-state index contributed by atoms with van der Waals surface area (Å²) in [6.07, 6.45) is 7.56. The molecule has 0 aliphatic carbocycles. The van der Waals surface area contributed by atoms with Gasteiger partial charge in [0.2, 0.25) is 5.95 Å². The van der Waals surface area contributed by atoms with Crippen molar-refractivity contribution in [3.63, 3.8) is 0 Å². The second kappa shape index (κ2) is 5.21. The SMILES string of the molecule is CC(C)n1cc(-n2ccnc2Nc2ccccc2)cn1. The van der Waals surface area contributed by atoms with Gasteiger partial charge in [-0.25, -0.2) is 4.98 Å². The van der Waals surface area contributed by atoms with E-state index in [0.29, 0.717) is 6.04 Å². The normalized spacial score (nSPS) is 10.9. The molecule has 3 rings (SSSR count). The predicted octanol–water partition coefficient (Wildman–Crippen LogP) is 3.39. The van der Waals surface area contributed by atoms with Crippen LogP contribution in [0.5, 0.6) is 0 Å². The van der Waals surface area contributed by atoms with E-state index >= 15 is 0 Å². The van der Waals surface area contributed by atoms with Gasteiger partial charge in [-0.1, -0.05) is 18.2 Å². The molecule has 0 saturated heterocycles. The lowest BCUT2D eigenvalue weighted by atomic mass is 10.3. The highest BCUT2D eigenvalue weighted by Gasteiger charge is 2.08. The fourth-order valence-corrected chi connectivity index (χ4v) is 1.99. The predicted molar refractivity (Wildman–Crippen MR) is 79.5 cm³/mol. The fourth-order valence-electron chi connectivity index (χ4n) is 1.99. The number of hydrogen-bond acceptors (Lipinski definition) is 3. The number of anilines is 2. The molecule has 0 fully saturated rings. The Morgan fingerprint density at radius 2 is 1.95 bits per heavy atom. The first-order chi connectivity index (χ1) is 9.74. The number of hydrogen-bond donors (Lipinski definition) is 1. The highest BCUT2D eigenvalue weighted by atomic mass is 15.3. The lowest BCUT2D eigenvalue weighted by Crippen LogP contribution is -2.02. The molecule has 0 saturated carbocycles. The number of imidazole rings is 1. The second-order valence-corrected chi connectivity index (χ2v) is 4.88. The number of rotatable bonds is 4. The van der Waals surface area contributed by atoms with Gasteiger partial charge in [-0.15, -0.1) is 0 Å². The summed E-state index contributed by atoms with van der Waals surface area (Å²) < 4.78 is 3.92. The van der Waals surface area contributed by atoms with Crippen LogP contribution in [0, 0.1) is 0 Å². The highest BCUT2D eigenvalue weighted by molar-refractivity contribution is 5.55. The maximum atomic E-state index is 4.36. The van der Waals surface area contributed by atoms with Gasteiger partial charge in [-0.2, -0.15) is 5.10 Å². The van der Waals surface area contributed by atoms with Gasteiger partial charge in [0.25, 0.3) is 0 Å². The lowest BCUT2D eigenvalue weighted by molar-refractivity contribution is 0.532. The average molecular weight is 267 g/mol. The van der Waals surface area contributed by atoms with Crippen molar-refractivity contribution in [3.8, 4) is 5.69 Å². The third-order valence-corrected chi connectivity index (χ3v) is 3.07. The molecule has 1 N–H and O–H groups in total. The average Bonchev–Trinajstić information content (AvgIpc) is 3.08. The van der Waals surface area contributed by atoms with Crippen LogP contribution in [-0.2, 0) is 0 Å². The van der Waals surface area contributed by atoms with Crippen LogP contribution < -0.4 is 5.32 Å². The lowest BCUT2D eigenvalue weighted by Gasteiger charge is -2.08. The minimum atomic E-state index is 0.345. The number of benzene rings is 1. The van der Waals surface area contributed by atoms with Gasteiger partial charge in [0.15, 0.2) is 0 Å². The largest absolute Gasteiger partial charge is 0.325 e. The summed E-state index contributed by atoms with van der Waals surface area (Å²) in [5.74, 6) is 0.777. The Bertz CT molecular complexity index is 681. The standard InChI is InChI=1S/C15H17N5/c1-12(2)20-11-14(10-17-20)19-9-8-16-15(19)18-13-6-4-3-5-7-13/h3-12H,1-2H3,(H,16,18). The fraction of sp³-hybridized carbons (Fsp3) is 0.200. The monoisotopic (exact) mass is 267 g/mol. The molecule has 1 aromatic carbocycles. The summed E-state index contributed by atoms with van der Waals surface area (Å²) >= 11 is 0. The van der Waals surface area contributed by atoms with Crippen LogP contribution >= 0.6 is 0 Å². The molecular formula is C15H17N5. The summed E-state index contributed by atoms with van der Waals surface area (Å²) in [5.41, 5.74) is 2.01. The molecule has 5 heteroatoms. The third kappa shape index (κ3) is 2.42. The van der Waals surface area contributed by atoms with E-state index in [1.165, 1.54) is 0 Å². The van der Waals surface area contributed by atoms with E-state index in [2.05, 4.69) is 29.2 Å². The first-order valence-corrected chi connectivity index (χ1v) is 6.64. The van der Waals surface area contributed by atoms with E-state index in [9.17, 15) is 0 Å². The molecule has 0 unspecified atom stereocenters. The molecule has 2 aromatic heterocycles. The Hall–Kier alpha value is -2.56. The zero-order valence-corrected chi connectivity index (χ0v) is 11.6. The molecule has 0 aliphatic rings. The first kappa shape index (κ1) is 12.5. The Kier molecular flexibility index (Phi) is 3.25. The second-order valence-electron chi connectivity index (χ2n) is 4.88. The van der Waals surface area contributed by atoms with Crippen LogP contribution in [0.4, 0.5) is 11.6 Å². The van der Waals surface area contributed by atoms with Crippen molar-refractivity contribution in [2.75, 3.05) is 5.32 Å². The van der Waals surface area contributed by atoms with Gasteiger partial charge in [-0.3, -0.25) is 9.25 Å². The van der Waals surface area contributed by atoms with Gasteiger partial charge in [0.05, 0.1) is 11.9 Å². The minimum absolute atomic E-state index is 0.345. The summed E-state index contributed by atoms with van der Waals surface area (Å²) in [6, 6.07) is 10.3. The van der Waals surface area contributed by atoms with Crippen molar-refractivity contribution in [3.05, 3.63) is 55.1 Å². The summed E-state index contributed by atoms with van der Waals surface area (Å²) in [4.78, 5) is 4.36. The Labute approximate surface area is 117 Å². The zero-order valence-electron chi connectivity index (χ0n) is 11.6. The Morgan fingerprint density at radius 1 is 1.15 bits per heavy atom. The maximum absolute atomic E-state index is 4.36. The van der Waals surface area contributed by atoms with Crippen LogP contribution in [0.15, 0.2) is 55.1 Å². The molecule has 5 nitrogen and oxygen atoms in total. The van der Waals surface area contributed by atoms with Crippen LogP contribution in [0.2, 0.25) is 0 Å². The highest BCUT2D eigenvalue weighted by Crippen LogP contribution is 2.19. The van der Waals surface area contributed by atoms with Gasteiger partial charge in [-0.05, 0) is 26.0 Å². The maximum Gasteiger partial charge on any atom is 0.212 e. The summed E-state index contributed by atoms with van der Waals surface area (Å²) in [5, 5.41) is 7.66. The van der Waals surface area contributed by atoms with Crippen molar-refractivity contribution >= 4 is 11.6 Å². The number of nitrogens with zero attached hydrogens (tertiary/aromatic N) is 4. The molecule has 0 bridgehead atoms.